The molecule has 0 unspecified atom stereocenters. The van der Waals surface area contributed by atoms with Crippen molar-refractivity contribution in [3.63, 3.8) is 0 Å². The van der Waals surface area contributed by atoms with Crippen molar-refractivity contribution in [2.24, 2.45) is 0 Å². The van der Waals surface area contributed by atoms with Crippen LogP contribution < -0.4 is 15.5 Å². The number of rotatable bonds is 7. The van der Waals surface area contributed by atoms with Crippen LogP contribution in [0, 0.1) is 0 Å². The minimum absolute atomic E-state index is 0.0193. The first-order chi connectivity index (χ1) is 14.4. The Balaban J connectivity index is 1.60. The highest BCUT2D eigenvalue weighted by molar-refractivity contribution is 6.04. The van der Waals surface area contributed by atoms with Gasteiger partial charge in [-0.05, 0) is 62.2 Å². The predicted octanol–water partition coefficient (Wildman–Crippen LogP) is 5.32. The van der Waals surface area contributed by atoms with Gasteiger partial charge in [-0.25, -0.2) is 0 Å². The summed E-state index contributed by atoms with van der Waals surface area (Å²) in [5.74, 6) is -0.558. The molecule has 1 fully saturated rings. The standard InChI is InChI=1S/C23H28F3N3O/c1-2-3-12-27-19-10-13-29(14-11-19)21-9-5-8-20(16-21)28-22(30)17-6-4-7-18(15-17)23(24,25)26/h4-9,15-16,19,27H,2-3,10-14H2,1H3,(H,28,30). The summed E-state index contributed by atoms with van der Waals surface area (Å²) in [6, 6.07) is 12.4. The van der Waals surface area contributed by atoms with E-state index in [2.05, 4.69) is 22.5 Å². The Kier molecular flexibility index (Phi) is 7.37. The van der Waals surface area contributed by atoms with E-state index in [-0.39, 0.29) is 5.56 Å². The number of amides is 1. The van der Waals surface area contributed by atoms with E-state index in [1.807, 2.05) is 18.2 Å². The molecule has 2 aromatic carbocycles. The van der Waals surface area contributed by atoms with Gasteiger partial charge in [-0.3, -0.25) is 4.79 Å². The summed E-state index contributed by atoms with van der Waals surface area (Å²) in [6.07, 6.45) is 0.0154. The molecule has 0 aromatic heterocycles. The highest BCUT2D eigenvalue weighted by Crippen LogP contribution is 2.30. The first-order valence-corrected chi connectivity index (χ1v) is 10.4. The topological polar surface area (TPSA) is 44.4 Å². The molecular formula is C23H28F3N3O. The molecule has 2 N–H and O–H groups in total. The normalized spacial score (nSPS) is 15.3. The molecule has 3 rings (SSSR count). The molecule has 1 aliphatic rings. The molecule has 2 aromatic rings. The van der Waals surface area contributed by atoms with Gasteiger partial charge in [0.25, 0.3) is 5.91 Å². The largest absolute Gasteiger partial charge is 0.416 e. The Morgan fingerprint density at radius 2 is 1.83 bits per heavy atom. The molecule has 0 aliphatic carbocycles. The summed E-state index contributed by atoms with van der Waals surface area (Å²) < 4.78 is 38.7. The zero-order valence-electron chi connectivity index (χ0n) is 17.1. The van der Waals surface area contributed by atoms with Crippen molar-refractivity contribution in [2.75, 3.05) is 29.9 Å². The van der Waals surface area contributed by atoms with Crippen LogP contribution in [0.4, 0.5) is 24.5 Å². The molecule has 0 spiro atoms. The fourth-order valence-electron chi connectivity index (χ4n) is 3.65. The number of carbonyl (C=O) groups excluding carboxylic acids is 1. The number of carbonyl (C=O) groups is 1. The molecule has 0 bridgehead atoms. The summed E-state index contributed by atoms with van der Waals surface area (Å²) in [5.41, 5.74) is 0.718. The van der Waals surface area contributed by atoms with Crippen molar-refractivity contribution in [3.8, 4) is 0 Å². The average Bonchev–Trinajstić information content (AvgIpc) is 2.74. The van der Waals surface area contributed by atoms with E-state index in [1.54, 1.807) is 6.07 Å². The van der Waals surface area contributed by atoms with Gasteiger partial charge in [-0.2, -0.15) is 13.2 Å². The summed E-state index contributed by atoms with van der Waals surface area (Å²) in [7, 11) is 0. The minimum Gasteiger partial charge on any atom is -0.371 e. The lowest BCUT2D eigenvalue weighted by atomic mass is 10.0. The average molecular weight is 419 g/mol. The fraction of sp³-hybridized carbons (Fsp3) is 0.435. The number of hydrogen-bond acceptors (Lipinski definition) is 3. The van der Waals surface area contributed by atoms with E-state index in [9.17, 15) is 18.0 Å². The number of halogens is 3. The zero-order chi connectivity index (χ0) is 21.6. The number of anilines is 2. The van der Waals surface area contributed by atoms with Crippen LogP contribution in [0.3, 0.4) is 0 Å². The molecule has 0 saturated carbocycles. The Morgan fingerprint density at radius 3 is 2.53 bits per heavy atom. The molecule has 1 heterocycles. The maximum absolute atomic E-state index is 12.9. The third-order valence-corrected chi connectivity index (χ3v) is 5.38. The summed E-state index contributed by atoms with van der Waals surface area (Å²) in [4.78, 5) is 14.7. The molecule has 0 atom stereocenters. The molecule has 30 heavy (non-hydrogen) atoms. The highest BCUT2D eigenvalue weighted by atomic mass is 19.4. The van der Waals surface area contributed by atoms with E-state index < -0.39 is 17.6 Å². The van der Waals surface area contributed by atoms with Gasteiger partial charge >= 0.3 is 6.18 Å². The molecule has 1 aliphatic heterocycles. The lowest BCUT2D eigenvalue weighted by molar-refractivity contribution is -0.137. The third kappa shape index (κ3) is 5.98. The number of nitrogens with zero attached hydrogens (tertiary/aromatic N) is 1. The number of nitrogens with one attached hydrogen (secondary N) is 2. The smallest absolute Gasteiger partial charge is 0.371 e. The molecule has 1 saturated heterocycles. The Hall–Kier alpha value is -2.54. The van der Waals surface area contributed by atoms with Crippen LogP contribution in [0.2, 0.25) is 0 Å². The molecule has 162 valence electrons. The predicted molar refractivity (Wildman–Crippen MR) is 114 cm³/mol. The van der Waals surface area contributed by atoms with Crippen molar-refractivity contribution in [1.82, 2.24) is 5.32 Å². The van der Waals surface area contributed by atoms with Crippen molar-refractivity contribution in [1.29, 1.82) is 0 Å². The zero-order valence-corrected chi connectivity index (χ0v) is 17.1. The second-order valence-electron chi connectivity index (χ2n) is 7.65. The summed E-state index contributed by atoms with van der Waals surface area (Å²) in [6.45, 7) is 5.09. The van der Waals surface area contributed by atoms with E-state index in [1.165, 1.54) is 25.0 Å². The Labute approximate surface area is 175 Å². The van der Waals surface area contributed by atoms with Gasteiger partial charge in [0, 0.05) is 36.1 Å². The Bertz CT molecular complexity index is 846. The van der Waals surface area contributed by atoms with Gasteiger partial charge in [-0.15, -0.1) is 0 Å². The lowest BCUT2D eigenvalue weighted by Gasteiger charge is -2.34. The van der Waals surface area contributed by atoms with Crippen molar-refractivity contribution < 1.29 is 18.0 Å². The van der Waals surface area contributed by atoms with Gasteiger partial charge in [0.05, 0.1) is 5.56 Å². The Morgan fingerprint density at radius 1 is 1.10 bits per heavy atom. The van der Waals surface area contributed by atoms with Gasteiger partial charge in [0.1, 0.15) is 0 Å². The van der Waals surface area contributed by atoms with Crippen LogP contribution in [0.25, 0.3) is 0 Å². The third-order valence-electron chi connectivity index (χ3n) is 5.38. The van der Waals surface area contributed by atoms with Crippen molar-refractivity contribution >= 4 is 17.3 Å². The molecular weight excluding hydrogens is 391 g/mol. The van der Waals surface area contributed by atoms with E-state index in [4.69, 9.17) is 0 Å². The number of hydrogen-bond donors (Lipinski definition) is 2. The van der Waals surface area contributed by atoms with Crippen molar-refractivity contribution in [3.05, 3.63) is 59.7 Å². The van der Waals surface area contributed by atoms with Gasteiger partial charge < -0.3 is 15.5 Å². The monoisotopic (exact) mass is 419 g/mol. The van der Waals surface area contributed by atoms with E-state index in [0.717, 1.165) is 50.3 Å². The molecule has 0 radical (unpaired) electrons. The van der Waals surface area contributed by atoms with E-state index >= 15 is 0 Å². The maximum Gasteiger partial charge on any atom is 0.416 e. The summed E-state index contributed by atoms with van der Waals surface area (Å²) >= 11 is 0. The van der Waals surface area contributed by atoms with Crippen LogP contribution >= 0.6 is 0 Å². The second kappa shape index (κ2) is 9.98. The second-order valence-corrected chi connectivity index (χ2v) is 7.65. The number of piperidine rings is 1. The number of alkyl halides is 3. The van der Waals surface area contributed by atoms with Crippen LogP contribution in [0.5, 0.6) is 0 Å². The minimum atomic E-state index is -4.48. The quantitative estimate of drug-likeness (QED) is 0.598. The lowest BCUT2D eigenvalue weighted by Crippen LogP contribution is -2.42. The van der Waals surface area contributed by atoms with Crippen LogP contribution in [-0.2, 0) is 6.18 Å². The van der Waals surface area contributed by atoms with Gasteiger partial charge in [-0.1, -0.05) is 25.5 Å². The highest BCUT2D eigenvalue weighted by Gasteiger charge is 2.31. The first kappa shape index (κ1) is 22.2. The van der Waals surface area contributed by atoms with Gasteiger partial charge in [0.2, 0.25) is 0 Å². The molecule has 1 amide bonds. The molecule has 7 heteroatoms. The number of unbranched alkanes of at least 4 members (excludes halogenated alkanes) is 1. The molecule has 4 nitrogen and oxygen atoms in total. The summed E-state index contributed by atoms with van der Waals surface area (Å²) in [5, 5.41) is 6.32. The first-order valence-electron chi connectivity index (χ1n) is 10.4. The van der Waals surface area contributed by atoms with E-state index in [0.29, 0.717) is 11.7 Å². The maximum atomic E-state index is 12.9. The SMILES string of the molecule is CCCCNC1CCN(c2cccc(NC(=O)c3cccc(C(F)(F)F)c3)c2)CC1. The van der Waals surface area contributed by atoms with Crippen LogP contribution in [0.15, 0.2) is 48.5 Å². The van der Waals surface area contributed by atoms with Crippen LogP contribution in [-0.4, -0.2) is 31.6 Å². The van der Waals surface area contributed by atoms with Gasteiger partial charge in [0.15, 0.2) is 0 Å². The van der Waals surface area contributed by atoms with Crippen LogP contribution in [0.1, 0.15) is 48.5 Å². The number of benzene rings is 2. The van der Waals surface area contributed by atoms with Crippen molar-refractivity contribution in [2.45, 2.75) is 44.8 Å². The fourth-order valence-corrected chi connectivity index (χ4v) is 3.65.